The Hall–Kier alpha value is -1.70. The van der Waals surface area contributed by atoms with Gasteiger partial charge in [0.2, 0.25) is 15.9 Å². The SMILES string of the molecule is Cc1cc(C)c(S(=O)(=O)NCC(=O)Nc2ccc(Br)cc2)c(C)c1. The maximum absolute atomic E-state index is 12.5. The second kappa shape index (κ2) is 7.46. The highest BCUT2D eigenvalue weighted by Crippen LogP contribution is 2.21. The van der Waals surface area contributed by atoms with E-state index in [-0.39, 0.29) is 11.4 Å². The number of sulfonamides is 1. The number of nitrogens with one attached hydrogen (secondary N) is 2. The Morgan fingerprint density at radius 2 is 1.58 bits per heavy atom. The van der Waals surface area contributed by atoms with Gasteiger partial charge in [-0.3, -0.25) is 4.79 Å². The molecular formula is C17H19BrN2O3S. The van der Waals surface area contributed by atoms with E-state index < -0.39 is 15.9 Å². The van der Waals surface area contributed by atoms with Crippen LogP contribution >= 0.6 is 15.9 Å². The van der Waals surface area contributed by atoms with Gasteiger partial charge in [0.25, 0.3) is 0 Å². The molecule has 2 aromatic carbocycles. The van der Waals surface area contributed by atoms with E-state index in [1.54, 1.807) is 38.1 Å². The zero-order valence-corrected chi connectivity index (χ0v) is 16.1. The number of aryl methyl sites for hydroxylation is 3. The summed E-state index contributed by atoms with van der Waals surface area (Å²) in [5.41, 5.74) is 2.92. The number of rotatable bonds is 5. The smallest absolute Gasteiger partial charge is 0.241 e. The number of carbonyl (C=O) groups is 1. The van der Waals surface area contributed by atoms with Gasteiger partial charge in [-0.25, -0.2) is 13.1 Å². The van der Waals surface area contributed by atoms with E-state index in [0.717, 1.165) is 10.0 Å². The lowest BCUT2D eigenvalue weighted by molar-refractivity contribution is -0.115. The second-order valence-electron chi connectivity index (χ2n) is 5.61. The minimum absolute atomic E-state index is 0.226. The summed E-state index contributed by atoms with van der Waals surface area (Å²) < 4.78 is 28.2. The summed E-state index contributed by atoms with van der Waals surface area (Å²) in [6.45, 7) is 5.08. The van der Waals surface area contributed by atoms with E-state index in [1.807, 2.05) is 19.1 Å². The van der Waals surface area contributed by atoms with Crippen molar-refractivity contribution in [3.8, 4) is 0 Å². The van der Waals surface area contributed by atoms with Crippen LogP contribution in [0.2, 0.25) is 0 Å². The topological polar surface area (TPSA) is 75.3 Å². The van der Waals surface area contributed by atoms with Crippen LogP contribution in [-0.2, 0) is 14.8 Å². The van der Waals surface area contributed by atoms with Gasteiger partial charge in [-0.1, -0.05) is 33.6 Å². The molecule has 0 aliphatic heterocycles. The van der Waals surface area contributed by atoms with Crippen molar-refractivity contribution in [2.75, 3.05) is 11.9 Å². The van der Waals surface area contributed by atoms with Crippen LogP contribution in [0.3, 0.4) is 0 Å². The fourth-order valence-electron chi connectivity index (χ4n) is 2.56. The Labute approximate surface area is 150 Å². The summed E-state index contributed by atoms with van der Waals surface area (Å²) in [4.78, 5) is 12.2. The first-order chi connectivity index (χ1) is 11.2. The molecular weight excluding hydrogens is 392 g/mol. The van der Waals surface area contributed by atoms with Gasteiger partial charge in [-0.2, -0.15) is 0 Å². The normalized spacial score (nSPS) is 11.3. The van der Waals surface area contributed by atoms with Crippen LogP contribution in [0.15, 0.2) is 45.8 Å². The molecule has 2 N–H and O–H groups in total. The Morgan fingerprint density at radius 3 is 2.12 bits per heavy atom. The predicted octanol–water partition coefficient (Wildman–Crippen LogP) is 3.29. The maximum Gasteiger partial charge on any atom is 0.241 e. The van der Waals surface area contributed by atoms with E-state index >= 15 is 0 Å². The van der Waals surface area contributed by atoms with Gasteiger partial charge in [0, 0.05) is 10.2 Å². The molecule has 24 heavy (non-hydrogen) atoms. The quantitative estimate of drug-likeness (QED) is 0.793. The van der Waals surface area contributed by atoms with Crippen molar-refractivity contribution < 1.29 is 13.2 Å². The van der Waals surface area contributed by atoms with Gasteiger partial charge in [-0.05, 0) is 56.2 Å². The average Bonchev–Trinajstić information content (AvgIpc) is 2.46. The van der Waals surface area contributed by atoms with Crippen molar-refractivity contribution in [3.63, 3.8) is 0 Å². The maximum atomic E-state index is 12.5. The number of hydrogen-bond acceptors (Lipinski definition) is 3. The molecule has 0 fully saturated rings. The molecule has 0 unspecified atom stereocenters. The fraction of sp³-hybridized carbons (Fsp3) is 0.235. The predicted molar refractivity (Wildman–Crippen MR) is 98.6 cm³/mol. The standard InChI is InChI=1S/C17H19BrN2O3S/c1-11-8-12(2)17(13(3)9-11)24(22,23)19-10-16(21)20-15-6-4-14(18)5-7-15/h4-9,19H,10H2,1-3H3,(H,20,21). The molecule has 0 aliphatic carbocycles. The molecule has 0 aliphatic rings. The molecule has 0 saturated heterocycles. The summed E-state index contributed by atoms with van der Waals surface area (Å²) in [7, 11) is -3.75. The van der Waals surface area contributed by atoms with Crippen LogP contribution < -0.4 is 10.0 Å². The molecule has 7 heteroatoms. The van der Waals surface area contributed by atoms with Crippen LogP contribution in [0.1, 0.15) is 16.7 Å². The van der Waals surface area contributed by atoms with Crippen molar-refractivity contribution in [3.05, 3.63) is 57.6 Å². The molecule has 5 nitrogen and oxygen atoms in total. The fourth-order valence-corrected chi connectivity index (χ4v) is 4.26. The van der Waals surface area contributed by atoms with Crippen molar-refractivity contribution in [1.82, 2.24) is 4.72 Å². The van der Waals surface area contributed by atoms with Crippen molar-refractivity contribution >= 4 is 37.5 Å². The third kappa shape index (κ3) is 4.66. The van der Waals surface area contributed by atoms with E-state index in [4.69, 9.17) is 0 Å². The second-order valence-corrected chi connectivity index (χ2v) is 8.23. The molecule has 128 valence electrons. The molecule has 0 heterocycles. The molecule has 2 rings (SSSR count). The van der Waals surface area contributed by atoms with E-state index in [0.29, 0.717) is 16.8 Å². The van der Waals surface area contributed by atoms with E-state index in [9.17, 15) is 13.2 Å². The van der Waals surface area contributed by atoms with Gasteiger partial charge in [0.1, 0.15) is 0 Å². The van der Waals surface area contributed by atoms with Gasteiger partial charge in [0.05, 0.1) is 11.4 Å². The number of halogens is 1. The highest BCUT2D eigenvalue weighted by Gasteiger charge is 2.20. The lowest BCUT2D eigenvalue weighted by Gasteiger charge is -2.13. The number of carbonyl (C=O) groups excluding carboxylic acids is 1. The first-order valence-corrected chi connectivity index (χ1v) is 9.59. The summed E-state index contributed by atoms with van der Waals surface area (Å²) in [6, 6.07) is 10.7. The van der Waals surface area contributed by atoms with Gasteiger partial charge in [-0.15, -0.1) is 0 Å². The lowest BCUT2D eigenvalue weighted by atomic mass is 10.1. The zero-order chi connectivity index (χ0) is 17.9. The molecule has 0 aromatic heterocycles. The first-order valence-electron chi connectivity index (χ1n) is 7.32. The molecule has 0 atom stereocenters. The Balaban J connectivity index is 2.07. The largest absolute Gasteiger partial charge is 0.325 e. The first kappa shape index (κ1) is 18.6. The number of hydrogen-bond donors (Lipinski definition) is 2. The van der Waals surface area contributed by atoms with Crippen molar-refractivity contribution in [2.45, 2.75) is 25.7 Å². The van der Waals surface area contributed by atoms with Gasteiger partial charge < -0.3 is 5.32 Å². The summed E-state index contributed by atoms with van der Waals surface area (Å²) in [6.07, 6.45) is 0. The van der Waals surface area contributed by atoms with Crippen LogP contribution in [0, 0.1) is 20.8 Å². The minimum atomic E-state index is -3.75. The molecule has 0 saturated carbocycles. The summed E-state index contributed by atoms with van der Waals surface area (Å²) >= 11 is 3.31. The van der Waals surface area contributed by atoms with E-state index in [2.05, 4.69) is 26.0 Å². The Bertz CT molecular complexity index is 839. The van der Waals surface area contributed by atoms with Crippen LogP contribution in [0.5, 0.6) is 0 Å². The summed E-state index contributed by atoms with van der Waals surface area (Å²) in [5, 5.41) is 2.64. The third-order valence-electron chi connectivity index (χ3n) is 3.42. The monoisotopic (exact) mass is 410 g/mol. The van der Waals surface area contributed by atoms with Crippen LogP contribution in [0.25, 0.3) is 0 Å². The van der Waals surface area contributed by atoms with Crippen molar-refractivity contribution in [2.24, 2.45) is 0 Å². The molecule has 0 radical (unpaired) electrons. The average molecular weight is 411 g/mol. The molecule has 0 bridgehead atoms. The number of anilines is 1. The number of amides is 1. The molecule has 1 amide bonds. The number of benzene rings is 2. The van der Waals surface area contributed by atoms with E-state index in [1.165, 1.54) is 0 Å². The Kier molecular flexibility index (Phi) is 5.79. The molecule has 2 aromatic rings. The highest BCUT2D eigenvalue weighted by atomic mass is 79.9. The zero-order valence-electron chi connectivity index (χ0n) is 13.7. The van der Waals surface area contributed by atoms with Gasteiger partial charge in [0.15, 0.2) is 0 Å². The third-order valence-corrected chi connectivity index (χ3v) is 5.66. The lowest BCUT2D eigenvalue weighted by Crippen LogP contribution is -2.33. The molecule has 0 spiro atoms. The van der Waals surface area contributed by atoms with Crippen LogP contribution in [0.4, 0.5) is 5.69 Å². The van der Waals surface area contributed by atoms with Gasteiger partial charge >= 0.3 is 0 Å². The van der Waals surface area contributed by atoms with Crippen LogP contribution in [-0.4, -0.2) is 20.9 Å². The Morgan fingerprint density at radius 1 is 1.04 bits per heavy atom. The van der Waals surface area contributed by atoms with Crippen molar-refractivity contribution in [1.29, 1.82) is 0 Å². The highest BCUT2D eigenvalue weighted by molar-refractivity contribution is 9.10. The minimum Gasteiger partial charge on any atom is -0.325 e. The summed E-state index contributed by atoms with van der Waals surface area (Å²) in [5.74, 6) is -0.427.